The molecule has 0 rings (SSSR count). The Kier molecular flexibility index (Phi) is 48.6. The number of nitrogens with two attached hydrogens (primary N) is 1. The van der Waals surface area contributed by atoms with Crippen molar-refractivity contribution < 1.29 is 37.6 Å². The summed E-state index contributed by atoms with van der Waals surface area (Å²) in [5.74, 6) is -0.896. The Bertz CT molecular complexity index is 1550. The van der Waals surface area contributed by atoms with Crippen LogP contribution in [0.5, 0.6) is 0 Å². The Labute approximate surface area is 408 Å². The number of hydrogen-bond acceptors (Lipinski definition) is 8. The predicted octanol–water partition coefficient (Wildman–Crippen LogP) is 15.8. The van der Waals surface area contributed by atoms with Gasteiger partial charge in [0.25, 0.3) is 0 Å². The van der Waals surface area contributed by atoms with Crippen LogP contribution in [0.4, 0.5) is 0 Å². The molecule has 0 spiro atoms. The van der Waals surface area contributed by atoms with E-state index < -0.39 is 32.5 Å². The third-order valence-corrected chi connectivity index (χ3v) is 11.0. The van der Waals surface area contributed by atoms with Gasteiger partial charge < -0.3 is 20.1 Å². The first kappa shape index (κ1) is 63.1. The summed E-state index contributed by atoms with van der Waals surface area (Å²) in [7, 11) is -4.40. The second-order valence-corrected chi connectivity index (χ2v) is 17.7. The van der Waals surface area contributed by atoms with Crippen molar-refractivity contribution in [2.45, 2.75) is 187 Å². The van der Waals surface area contributed by atoms with Crippen LogP contribution in [0.25, 0.3) is 0 Å². The molecule has 0 saturated heterocycles. The minimum absolute atomic E-state index is 0.0390. The molecule has 9 nitrogen and oxygen atoms in total. The Hall–Kier alpha value is -3.85. The Morgan fingerprint density at radius 3 is 1.18 bits per heavy atom. The van der Waals surface area contributed by atoms with Gasteiger partial charge in [-0.05, 0) is 109 Å². The van der Waals surface area contributed by atoms with Gasteiger partial charge in [0.1, 0.15) is 6.61 Å². The number of ether oxygens (including phenoxy) is 2. The van der Waals surface area contributed by atoms with E-state index in [0.717, 1.165) is 109 Å². The monoisotopic (exact) mass is 950 g/mol. The average Bonchev–Trinajstić information content (AvgIpc) is 3.32. The molecule has 0 amide bonds. The second-order valence-electron chi connectivity index (χ2n) is 16.3. The smallest absolute Gasteiger partial charge is 0.462 e. The van der Waals surface area contributed by atoms with Gasteiger partial charge in [-0.25, -0.2) is 4.57 Å². The van der Waals surface area contributed by atoms with Crippen LogP contribution in [-0.4, -0.2) is 49.3 Å². The topological polar surface area (TPSA) is 134 Å². The zero-order chi connectivity index (χ0) is 48.8. The van der Waals surface area contributed by atoms with Crippen molar-refractivity contribution >= 4 is 19.8 Å². The Morgan fingerprint density at radius 2 is 0.776 bits per heavy atom. The van der Waals surface area contributed by atoms with Gasteiger partial charge >= 0.3 is 19.8 Å². The Balaban J connectivity index is 4.10. The summed E-state index contributed by atoms with van der Waals surface area (Å²) in [4.78, 5) is 35.0. The Morgan fingerprint density at radius 1 is 0.448 bits per heavy atom. The zero-order valence-electron chi connectivity index (χ0n) is 41.8. The summed E-state index contributed by atoms with van der Waals surface area (Å²) in [6.07, 6.45) is 72.1. The van der Waals surface area contributed by atoms with E-state index in [1.807, 2.05) is 0 Å². The van der Waals surface area contributed by atoms with E-state index >= 15 is 0 Å². The first-order chi connectivity index (χ1) is 32.8. The van der Waals surface area contributed by atoms with E-state index in [1.165, 1.54) is 32.1 Å². The van der Waals surface area contributed by atoms with Gasteiger partial charge in [0.2, 0.25) is 0 Å². The van der Waals surface area contributed by atoms with E-state index in [9.17, 15) is 19.0 Å². The maximum atomic E-state index is 12.7. The van der Waals surface area contributed by atoms with Crippen LogP contribution < -0.4 is 5.73 Å². The molecule has 0 fully saturated rings. The van der Waals surface area contributed by atoms with Crippen LogP contribution >= 0.6 is 7.82 Å². The van der Waals surface area contributed by atoms with E-state index in [4.69, 9.17) is 24.3 Å². The predicted molar refractivity (Wildman–Crippen MR) is 284 cm³/mol. The van der Waals surface area contributed by atoms with Gasteiger partial charge in [-0.15, -0.1) is 0 Å². The molecular weight excluding hydrogens is 858 g/mol. The first-order valence-electron chi connectivity index (χ1n) is 25.7. The van der Waals surface area contributed by atoms with Crippen molar-refractivity contribution in [2.24, 2.45) is 5.73 Å². The van der Waals surface area contributed by atoms with Crippen LogP contribution in [0, 0.1) is 0 Å². The molecule has 0 aromatic heterocycles. The van der Waals surface area contributed by atoms with E-state index in [2.05, 4.69) is 148 Å². The van der Waals surface area contributed by atoms with Gasteiger partial charge in [0.15, 0.2) is 6.10 Å². The fourth-order valence-electron chi connectivity index (χ4n) is 6.31. The highest BCUT2D eigenvalue weighted by molar-refractivity contribution is 7.47. The fourth-order valence-corrected chi connectivity index (χ4v) is 7.08. The molecule has 0 aliphatic rings. The summed E-state index contributed by atoms with van der Waals surface area (Å²) >= 11 is 0. The standard InChI is InChI=1S/C57H92NO8P/c1-3-5-7-9-11-13-15-17-19-20-21-22-23-24-25-26-27-28-29-30-31-32-33-34-36-38-40-42-44-46-48-50-57(60)66-55(54-65-67(61,62)64-52-51-58)53-63-56(59)49-47-45-43-41-39-37-35-18-16-14-12-10-8-6-4-2/h5-8,11-14,17-19,21-22,24-25,27-28,30-31,35,39,41,55H,3-4,9-10,15-16,20,23,26,29,32-34,36-38,40,42-54,58H2,1-2H3,(H,61,62)/b7-5-,8-6-,13-11-,14-12-,19-17-,22-21-,25-24-,28-27-,31-30-,35-18-,41-39-. The maximum Gasteiger partial charge on any atom is 0.472 e. The number of phosphoric acid groups is 1. The summed E-state index contributed by atoms with van der Waals surface area (Å²) < 4.78 is 32.8. The van der Waals surface area contributed by atoms with Gasteiger partial charge in [-0.1, -0.05) is 192 Å². The number of esters is 2. The summed E-state index contributed by atoms with van der Waals surface area (Å²) in [6.45, 7) is 3.43. The molecular formula is C57H92NO8P. The van der Waals surface area contributed by atoms with Crippen molar-refractivity contribution in [3.63, 3.8) is 0 Å². The van der Waals surface area contributed by atoms with Gasteiger partial charge in [-0.2, -0.15) is 0 Å². The first-order valence-corrected chi connectivity index (χ1v) is 27.2. The van der Waals surface area contributed by atoms with Crippen LogP contribution in [0.2, 0.25) is 0 Å². The third-order valence-electron chi connectivity index (χ3n) is 10.0. The highest BCUT2D eigenvalue weighted by atomic mass is 31.2. The van der Waals surface area contributed by atoms with E-state index in [1.54, 1.807) is 0 Å². The highest BCUT2D eigenvalue weighted by Gasteiger charge is 2.26. The van der Waals surface area contributed by atoms with Crippen LogP contribution in [0.1, 0.15) is 181 Å². The summed E-state index contributed by atoms with van der Waals surface area (Å²) in [6, 6.07) is 0. The summed E-state index contributed by atoms with van der Waals surface area (Å²) in [5.41, 5.74) is 5.36. The normalized spacial score (nSPS) is 14.3. The number of rotatable bonds is 46. The molecule has 3 N–H and O–H groups in total. The molecule has 0 aromatic carbocycles. The van der Waals surface area contributed by atoms with Crippen molar-refractivity contribution in [3.05, 3.63) is 134 Å². The lowest BCUT2D eigenvalue weighted by molar-refractivity contribution is -0.161. The molecule has 0 aliphatic carbocycles. The van der Waals surface area contributed by atoms with E-state index in [0.29, 0.717) is 12.8 Å². The molecule has 0 heterocycles. The fraction of sp³-hybridized carbons (Fsp3) is 0.579. The number of carbonyl (C=O) groups excluding carboxylic acids is 2. The molecule has 378 valence electrons. The zero-order valence-corrected chi connectivity index (χ0v) is 42.7. The number of phosphoric ester groups is 1. The molecule has 10 heteroatoms. The van der Waals surface area contributed by atoms with Crippen molar-refractivity contribution in [1.29, 1.82) is 0 Å². The average molecular weight is 950 g/mol. The van der Waals surface area contributed by atoms with Gasteiger partial charge in [0, 0.05) is 19.4 Å². The molecule has 0 aliphatic heterocycles. The van der Waals surface area contributed by atoms with Crippen molar-refractivity contribution in [2.75, 3.05) is 26.4 Å². The van der Waals surface area contributed by atoms with Crippen LogP contribution in [0.15, 0.2) is 134 Å². The molecule has 0 radical (unpaired) electrons. The van der Waals surface area contributed by atoms with Crippen molar-refractivity contribution in [1.82, 2.24) is 0 Å². The molecule has 0 bridgehead atoms. The maximum absolute atomic E-state index is 12.7. The minimum Gasteiger partial charge on any atom is -0.462 e. The third kappa shape index (κ3) is 51.4. The number of carbonyl (C=O) groups is 2. The molecule has 0 aromatic rings. The lowest BCUT2D eigenvalue weighted by Crippen LogP contribution is -2.29. The van der Waals surface area contributed by atoms with E-state index in [-0.39, 0.29) is 32.6 Å². The highest BCUT2D eigenvalue weighted by Crippen LogP contribution is 2.43. The molecule has 2 atom stereocenters. The van der Waals surface area contributed by atoms with Crippen molar-refractivity contribution in [3.8, 4) is 0 Å². The molecule has 2 unspecified atom stereocenters. The van der Waals surface area contributed by atoms with Crippen LogP contribution in [0.3, 0.4) is 0 Å². The molecule has 67 heavy (non-hydrogen) atoms. The second kappa shape index (κ2) is 51.5. The van der Waals surface area contributed by atoms with Gasteiger partial charge in [-0.3, -0.25) is 18.6 Å². The summed E-state index contributed by atoms with van der Waals surface area (Å²) in [5, 5.41) is 0. The lowest BCUT2D eigenvalue weighted by Gasteiger charge is -2.19. The van der Waals surface area contributed by atoms with Crippen LogP contribution in [-0.2, 0) is 32.7 Å². The number of allylic oxidation sites excluding steroid dienone is 22. The quantitative estimate of drug-likeness (QED) is 0.0265. The largest absolute Gasteiger partial charge is 0.472 e. The number of hydrogen-bond donors (Lipinski definition) is 2. The van der Waals surface area contributed by atoms with Gasteiger partial charge in [0.05, 0.1) is 13.2 Å². The number of unbranched alkanes of at least 4 members (excludes halogenated alkanes) is 11. The lowest BCUT2D eigenvalue weighted by atomic mass is 10.1. The molecule has 0 saturated carbocycles. The SMILES string of the molecule is CC/C=C\C/C=C\C/C=C\C/C=C\C/C=C\C/C=C\C/C=C\CCCCCCCCCCCC(=O)OC(COC(=O)CCCC/C=C\C/C=C\C/C=C\C/C=C\CC)COP(=O)(O)OCCN. The minimum atomic E-state index is -4.40.